The third kappa shape index (κ3) is 4.71. The largest absolute Gasteiger partial charge is 0.497 e. The molecule has 2 aromatic carbocycles. The maximum Gasteiger partial charge on any atom is 0.124 e. The number of anilines is 1. The molecule has 0 aliphatic heterocycles. The fraction of sp³-hybridized carbons (Fsp3) is 0.333. The first-order valence-electron chi connectivity index (χ1n) is 7.42. The highest BCUT2D eigenvalue weighted by molar-refractivity contribution is 5.47. The van der Waals surface area contributed by atoms with Crippen molar-refractivity contribution in [1.82, 2.24) is 0 Å². The average Bonchev–Trinajstić information content (AvgIpc) is 2.54. The summed E-state index contributed by atoms with van der Waals surface area (Å²) in [6.07, 6.45) is 2.23. The molecule has 3 heteroatoms. The SMILES string of the molecule is CCCCOc1ccccc1CNc1ccc(OC)cc1. The molecule has 0 saturated heterocycles. The van der Waals surface area contributed by atoms with Crippen LogP contribution >= 0.6 is 0 Å². The fourth-order valence-electron chi connectivity index (χ4n) is 2.02. The first kappa shape index (κ1) is 15.2. The number of hydrogen-bond donors (Lipinski definition) is 1. The molecular formula is C18H23NO2. The van der Waals surface area contributed by atoms with Gasteiger partial charge in [-0.1, -0.05) is 31.5 Å². The Hall–Kier alpha value is -2.16. The zero-order chi connectivity index (χ0) is 14.9. The van der Waals surface area contributed by atoms with Crippen LogP contribution in [0.4, 0.5) is 5.69 Å². The van der Waals surface area contributed by atoms with Crippen LogP contribution in [0.1, 0.15) is 25.3 Å². The van der Waals surface area contributed by atoms with Crippen LogP contribution in [-0.4, -0.2) is 13.7 Å². The first-order valence-corrected chi connectivity index (χ1v) is 7.42. The Kier molecular flexibility index (Phi) is 5.95. The molecule has 0 spiro atoms. The molecule has 0 aliphatic rings. The highest BCUT2D eigenvalue weighted by atomic mass is 16.5. The Morgan fingerprint density at radius 3 is 2.48 bits per heavy atom. The van der Waals surface area contributed by atoms with Gasteiger partial charge in [0.1, 0.15) is 11.5 Å². The summed E-state index contributed by atoms with van der Waals surface area (Å²) in [4.78, 5) is 0. The van der Waals surface area contributed by atoms with Gasteiger partial charge in [0.05, 0.1) is 13.7 Å². The number of para-hydroxylation sites is 1. The molecule has 0 fully saturated rings. The highest BCUT2D eigenvalue weighted by Crippen LogP contribution is 2.21. The van der Waals surface area contributed by atoms with Gasteiger partial charge in [-0.05, 0) is 36.8 Å². The van der Waals surface area contributed by atoms with Gasteiger partial charge in [-0.3, -0.25) is 0 Å². The molecule has 0 saturated carbocycles. The Morgan fingerprint density at radius 2 is 1.76 bits per heavy atom. The van der Waals surface area contributed by atoms with Crippen molar-refractivity contribution in [2.24, 2.45) is 0 Å². The second-order valence-corrected chi connectivity index (χ2v) is 4.89. The standard InChI is InChI=1S/C18H23NO2/c1-3-4-13-21-18-8-6-5-7-15(18)14-19-16-9-11-17(20-2)12-10-16/h5-12,19H,3-4,13-14H2,1-2H3. The van der Waals surface area contributed by atoms with Gasteiger partial charge < -0.3 is 14.8 Å². The van der Waals surface area contributed by atoms with Crippen molar-refractivity contribution in [2.75, 3.05) is 19.0 Å². The van der Waals surface area contributed by atoms with Gasteiger partial charge in [0.15, 0.2) is 0 Å². The van der Waals surface area contributed by atoms with Crippen LogP contribution in [0.25, 0.3) is 0 Å². The third-order valence-electron chi connectivity index (χ3n) is 3.30. The Bertz CT molecular complexity index is 537. The third-order valence-corrected chi connectivity index (χ3v) is 3.30. The normalized spacial score (nSPS) is 10.2. The lowest BCUT2D eigenvalue weighted by Crippen LogP contribution is -2.04. The van der Waals surface area contributed by atoms with Crippen LogP contribution in [-0.2, 0) is 6.54 Å². The van der Waals surface area contributed by atoms with Crippen molar-refractivity contribution >= 4 is 5.69 Å². The maximum atomic E-state index is 5.84. The van der Waals surface area contributed by atoms with Crippen molar-refractivity contribution in [3.05, 3.63) is 54.1 Å². The molecule has 0 atom stereocenters. The number of rotatable bonds is 8. The summed E-state index contributed by atoms with van der Waals surface area (Å²) < 4.78 is 11.0. The van der Waals surface area contributed by atoms with E-state index in [-0.39, 0.29) is 0 Å². The molecule has 0 amide bonds. The fourth-order valence-corrected chi connectivity index (χ4v) is 2.02. The predicted octanol–water partition coefficient (Wildman–Crippen LogP) is 4.49. The summed E-state index contributed by atoms with van der Waals surface area (Å²) in [6, 6.07) is 16.1. The Balaban J connectivity index is 1.95. The van der Waals surface area contributed by atoms with Crippen LogP contribution in [0, 0.1) is 0 Å². The van der Waals surface area contributed by atoms with Gasteiger partial charge in [-0.2, -0.15) is 0 Å². The number of methoxy groups -OCH3 is 1. The van der Waals surface area contributed by atoms with Gasteiger partial charge in [0, 0.05) is 17.8 Å². The lowest BCUT2D eigenvalue weighted by Gasteiger charge is -2.13. The minimum absolute atomic E-state index is 0.745. The zero-order valence-corrected chi connectivity index (χ0v) is 12.8. The molecule has 0 bridgehead atoms. The molecular weight excluding hydrogens is 262 g/mol. The first-order chi connectivity index (χ1) is 10.3. The van der Waals surface area contributed by atoms with Crippen molar-refractivity contribution in [3.63, 3.8) is 0 Å². The van der Waals surface area contributed by atoms with E-state index in [1.165, 1.54) is 5.56 Å². The summed E-state index contributed by atoms with van der Waals surface area (Å²) in [7, 11) is 1.67. The van der Waals surface area contributed by atoms with Crippen LogP contribution in [0.15, 0.2) is 48.5 Å². The van der Waals surface area contributed by atoms with E-state index in [1.54, 1.807) is 7.11 Å². The van der Waals surface area contributed by atoms with Crippen LogP contribution in [0.3, 0.4) is 0 Å². The number of hydrogen-bond acceptors (Lipinski definition) is 3. The van der Waals surface area contributed by atoms with Gasteiger partial charge in [0.25, 0.3) is 0 Å². The predicted molar refractivity (Wildman–Crippen MR) is 87.2 cm³/mol. The number of benzene rings is 2. The molecule has 2 aromatic rings. The topological polar surface area (TPSA) is 30.5 Å². The summed E-state index contributed by atoms with van der Waals surface area (Å²) in [5, 5.41) is 3.41. The van der Waals surface area contributed by atoms with E-state index >= 15 is 0 Å². The molecule has 0 radical (unpaired) electrons. The monoisotopic (exact) mass is 285 g/mol. The quantitative estimate of drug-likeness (QED) is 0.725. The average molecular weight is 285 g/mol. The number of unbranched alkanes of at least 4 members (excludes halogenated alkanes) is 1. The van der Waals surface area contributed by atoms with Gasteiger partial charge in [-0.25, -0.2) is 0 Å². The van der Waals surface area contributed by atoms with E-state index in [1.807, 2.05) is 42.5 Å². The van der Waals surface area contributed by atoms with E-state index in [0.717, 1.165) is 43.2 Å². The zero-order valence-electron chi connectivity index (χ0n) is 12.8. The van der Waals surface area contributed by atoms with E-state index < -0.39 is 0 Å². The molecule has 0 unspecified atom stereocenters. The highest BCUT2D eigenvalue weighted by Gasteiger charge is 2.03. The lowest BCUT2D eigenvalue weighted by atomic mass is 10.2. The van der Waals surface area contributed by atoms with Crippen molar-refractivity contribution < 1.29 is 9.47 Å². The second kappa shape index (κ2) is 8.20. The molecule has 3 nitrogen and oxygen atoms in total. The maximum absolute atomic E-state index is 5.84. The van der Waals surface area contributed by atoms with Gasteiger partial charge in [0.2, 0.25) is 0 Å². The summed E-state index contributed by atoms with van der Waals surface area (Å²) >= 11 is 0. The summed E-state index contributed by atoms with van der Waals surface area (Å²) in [6.45, 7) is 3.69. The minimum Gasteiger partial charge on any atom is -0.497 e. The summed E-state index contributed by atoms with van der Waals surface area (Å²) in [5.41, 5.74) is 2.24. The van der Waals surface area contributed by atoms with Crippen LogP contribution < -0.4 is 14.8 Å². The smallest absolute Gasteiger partial charge is 0.124 e. The molecule has 21 heavy (non-hydrogen) atoms. The number of ether oxygens (including phenoxy) is 2. The van der Waals surface area contributed by atoms with Gasteiger partial charge >= 0.3 is 0 Å². The van der Waals surface area contributed by atoms with Crippen molar-refractivity contribution in [1.29, 1.82) is 0 Å². The van der Waals surface area contributed by atoms with Crippen molar-refractivity contribution in [2.45, 2.75) is 26.3 Å². The van der Waals surface area contributed by atoms with E-state index in [9.17, 15) is 0 Å². The van der Waals surface area contributed by atoms with E-state index in [2.05, 4.69) is 18.3 Å². The van der Waals surface area contributed by atoms with E-state index in [0.29, 0.717) is 0 Å². The summed E-state index contributed by atoms with van der Waals surface area (Å²) in [5.74, 6) is 1.83. The minimum atomic E-state index is 0.745. The van der Waals surface area contributed by atoms with E-state index in [4.69, 9.17) is 9.47 Å². The Morgan fingerprint density at radius 1 is 1.00 bits per heavy atom. The molecule has 1 N–H and O–H groups in total. The molecule has 0 aromatic heterocycles. The lowest BCUT2D eigenvalue weighted by molar-refractivity contribution is 0.306. The Labute approximate surface area is 126 Å². The molecule has 0 aliphatic carbocycles. The molecule has 112 valence electrons. The number of nitrogens with one attached hydrogen (secondary N) is 1. The molecule has 0 heterocycles. The molecule has 2 rings (SSSR count). The van der Waals surface area contributed by atoms with Crippen LogP contribution in [0.2, 0.25) is 0 Å². The van der Waals surface area contributed by atoms with Crippen LogP contribution in [0.5, 0.6) is 11.5 Å². The van der Waals surface area contributed by atoms with Crippen molar-refractivity contribution in [3.8, 4) is 11.5 Å². The second-order valence-electron chi connectivity index (χ2n) is 4.89. The van der Waals surface area contributed by atoms with Gasteiger partial charge in [-0.15, -0.1) is 0 Å².